The molecule has 1 aromatic rings. The van der Waals surface area contributed by atoms with Crippen molar-refractivity contribution in [2.45, 2.75) is 19.4 Å². The molecule has 0 aromatic carbocycles. The fourth-order valence-electron chi connectivity index (χ4n) is 1.12. The zero-order valence-corrected chi connectivity index (χ0v) is 9.27. The van der Waals surface area contributed by atoms with E-state index < -0.39 is 0 Å². The molecule has 6 heteroatoms. The predicted octanol–water partition coefficient (Wildman–Crippen LogP) is -0.108. The first-order chi connectivity index (χ1) is 7.74. The highest BCUT2D eigenvalue weighted by Crippen LogP contribution is 1.91. The van der Waals surface area contributed by atoms with Crippen molar-refractivity contribution in [2.24, 2.45) is 0 Å². The Kier molecular flexibility index (Phi) is 5.21. The van der Waals surface area contributed by atoms with Crippen LogP contribution in [0.25, 0.3) is 0 Å². The van der Waals surface area contributed by atoms with Crippen molar-refractivity contribution in [3.63, 3.8) is 0 Å². The van der Waals surface area contributed by atoms with E-state index in [2.05, 4.69) is 27.4 Å². The van der Waals surface area contributed by atoms with Crippen molar-refractivity contribution >= 4 is 5.91 Å². The van der Waals surface area contributed by atoms with Crippen LogP contribution in [0.3, 0.4) is 0 Å². The Bertz CT molecular complexity index is 324. The van der Waals surface area contributed by atoms with Gasteiger partial charge in [0.05, 0.1) is 6.04 Å². The van der Waals surface area contributed by atoms with E-state index in [1.807, 2.05) is 0 Å². The molecule has 0 fully saturated rings. The lowest BCUT2D eigenvalue weighted by molar-refractivity contribution is -0.122. The molecule has 1 heterocycles. The van der Waals surface area contributed by atoms with Crippen LogP contribution >= 0.6 is 0 Å². The summed E-state index contributed by atoms with van der Waals surface area (Å²) in [6.45, 7) is 6.42. The summed E-state index contributed by atoms with van der Waals surface area (Å²) in [6.07, 6.45) is 3.61. The minimum Gasteiger partial charge on any atom is -0.351 e. The standard InChI is InChI=1S/C10H16N4O2/c1-3-5-12-10(15)8(2)11-6-4-9-13-7-14-16-9/h3,7-8,11H,1,4-6H2,2H3,(H,12,15). The Hall–Kier alpha value is -1.69. The monoisotopic (exact) mass is 224 g/mol. The van der Waals surface area contributed by atoms with Crippen LogP contribution in [0.5, 0.6) is 0 Å². The largest absolute Gasteiger partial charge is 0.351 e. The van der Waals surface area contributed by atoms with Crippen LogP contribution in [-0.2, 0) is 11.2 Å². The summed E-state index contributed by atoms with van der Waals surface area (Å²) in [7, 11) is 0. The predicted molar refractivity (Wildman–Crippen MR) is 58.7 cm³/mol. The van der Waals surface area contributed by atoms with E-state index in [0.29, 0.717) is 25.4 Å². The van der Waals surface area contributed by atoms with Gasteiger partial charge < -0.3 is 15.2 Å². The number of nitrogens with zero attached hydrogens (tertiary/aromatic N) is 2. The van der Waals surface area contributed by atoms with Crippen LogP contribution in [0.2, 0.25) is 0 Å². The van der Waals surface area contributed by atoms with Gasteiger partial charge in [0.1, 0.15) is 0 Å². The molecular formula is C10H16N4O2. The van der Waals surface area contributed by atoms with E-state index in [1.165, 1.54) is 6.33 Å². The van der Waals surface area contributed by atoms with Gasteiger partial charge in [0.25, 0.3) is 0 Å². The first-order valence-corrected chi connectivity index (χ1v) is 5.11. The van der Waals surface area contributed by atoms with Crippen LogP contribution in [0.1, 0.15) is 12.8 Å². The van der Waals surface area contributed by atoms with Crippen molar-refractivity contribution in [3.8, 4) is 0 Å². The van der Waals surface area contributed by atoms with Crippen LogP contribution in [0, 0.1) is 0 Å². The van der Waals surface area contributed by atoms with E-state index in [0.717, 1.165) is 0 Å². The van der Waals surface area contributed by atoms with E-state index in [9.17, 15) is 4.79 Å². The molecule has 0 radical (unpaired) electrons. The highest BCUT2D eigenvalue weighted by Gasteiger charge is 2.10. The Balaban J connectivity index is 2.16. The number of hydrogen-bond donors (Lipinski definition) is 2. The third-order valence-electron chi connectivity index (χ3n) is 2.01. The van der Waals surface area contributed by atoms with E-state index in [1.54, 1.807) is 13.0 Å². The molecule has 0 saturated heterocycles. The third kappa shape index (κ3) is 4.22. The zero-order valence-electron chi connectivity index (χ0n) is 9.27. The number of hydrogen-bond acceptors (Lipinski definition) is 5. The Morgan fingerprint density at radius 3 is 3.19 bits per heavy atom. The molecule has 1 unspecified atom stereocenters. The molecule has 1 aromatic heterocycles. The smallest absolute Gasteiger partial charge is 0.237 e. The summed E-state index contributed by atoms with van der Waals surface area (Å²) in [4.78, 5) is 15.3. The topological polar surface area (TPSA) is 80.0 Å². The van der Waals surface area contributed by atoms with Gasteiger partial charge >= 0.3 is 0 Å². The van der Waals surface area contributed by atoms with E-state index in [4.69, 9.17) is 4.52 Å². The number of aromatic nitrogens is 2. The molecule has 88 valence electrons. The SMILES string of the molecule is C=CCNC(=O)C(C)NCCc1ncno1. The summed E-state index contributed by atoms with van der Waals surface area (Å²) in [5.41, 5.74) is 0. The maximum atomic E-state index is 11.4. The second kappa shape index (κ2) is 6.73. The van der Waals surface area contributed by atoms with Crippen LogP contribution in [0.4, 0.5) is 0 Å². The Morgan fingerprint density at radius 2 is 2.56 bits per heavy atom. The lowest BCUT2D eigenvalue weighted by Crippen LogP contribution is -2.42. The molecule has 6 nitrogen and oxygen atoms in total. The molecule has 0 aliphatic heterocycles. The molecule has 1 atom stereocenters. The number of amides is 1. The molecule has 0 saturated carbocycles. The number of nitrogens with one attached hydrogen (secondary N) is 2. The highest BCUT2D eigenvalue weighted by molar-refractivity contribution is 5.81. The van der Waals surface area contributed by atoms with Gasteiger partial charge in [-0.05, 0) is 6.92 Å². The fraction of sp³-hybridized carbons (Fsp3) is 0.500. The minimum atomic E-state index is -0.247. The molecule has 0 bridgehead atoms. The molecule has 2 N–H and O–H groups in total. The fourth-order valence-corrected chi connectivity index (χ4v) is 1.12. The van der Waals surface area contributed by atoms with E-state index >= 15 is 0 Å². The molecule has 1 amide bonds. The first-order valence-electron chi connectivity index (χ1n) is 5.11. The molecule has 0 aliphatic rings. The maximum Gasteiger partial charge on any atom is 0.237 e. The summed E-state index contributed by atoms with van der Waals surface area (Å²) < 4.78 is 4.83. The van der Waals surface area contributed by atoms with Crippen LogP contribution in [0.15, 0.2) is 23.5 Å². The van der Waals surface area contributed by atoms with Crippen LogP contribution in [-0.4, -0.2) is 35.2 Å². The summed E-state index contributed by atoms with van der Waals surface area (Å²) in [5.74, 6) is 0.511. The first kappa shape index (κ1) is 12.4. The van der Waals surface area contributed by atoms with Crippen molar-refractivity contribution in [1.29, 1.82) is 0 Å². The molecule has 16 heavy (non-hydrogen) atoms. The van der Waals surface area contributed by atoms with Crippen molar-refractivity contribution < 1.29 is 9.32 Å². The Morgan fingerprint density at radius 1 is 1.75 bits per heavy atom. The molecule has 0 spiro atoms. The second-order valence-corrected chi connectivity index (χ2v) is 3.29. The lowest BCUT2D eigenvalue weighted by Gasteiger charge is -2.12. The quantitative estimate of drug-likeness (QED) is 0.632. The van der Waals surface area contributed by atoms with Crippen molar-refractivity contribution in [1.82, 2.24) is 20.8 Å². The van der Waals surface area contributed by atoms with Gasteiger partial charge in [-0.25, -0.2) is 0 Å². The highest BCUT2D eigenvalue weighted by atomic mass is 16.5. The molecule has 0 aliphatic carbocycles. The number of carbonyl (C=O) groups excluding carboxylic acids is 1. The van der Waals surface area contributed by atoms with Gasteiger partial charge in [0.2, 0.25) is 11.8 Å². The summed E-state index contributed by atoms with van der Waals surface area (Å²) >= 11 is 0. The van der Waals surface area contributed by atoms with E-state index in [-0.39, 0.29) is 11.9 Å². The lowest BCUT2D eigenvalue weighted by atomic mass is 10.3. The normalized spacial score (nSPS) is 12.1. The van der Waals surface area contributed by atoms with Gasteiger partial charge in [-0.2, -0.15) is 4.98 Å². The zero-order chi connectivity index (χ0) is 11.8. The van der Waals surface area contributed by atoms with Crippen molar-refractivity contribution in [3.05, 3.63) is 24.9 Å². The number of carbonyl (C=O) groups is 1. The Labute approximate surface area is 94.1 Å². The second-order valence-electron chi connectivity index (χ2n) is 3.29. The van der Waals surface area contributed by atoms with Gasteiger partial charge in [-0.3, -0.25) is 4.79 Å². The molecule has 1 rings (SSSR count). The van der Waals surface area contributed by atoms with Gasteiger partial charge in [-0.15, -0.1) is 6.58 Å². The summed E-state index contributed by atoms with van der Waals surface area (Å²) in [5, 5.41) is 9.25. The minimum absolute atomic E-state index is 0.0505. The molecular weight excluding hydrogens is 208 g/mol. The van der Waals surface area contributed by atoms with Gasteiger partial charge in [0, 0.05) is 19.5 Å². The van der Waals surface area contributed by atoms with Gasteiger partial charge in [0.15, 0.2) is 6.33 Å². The average molecular weight is 224 g/mol. The maximum absolute atomic E-state index is 11.4. The summed E-state index contributed by atoms with van der Waals surface area (Å²) in [6, 6.07) is -0.247. The van der Waals surface area contributed by atoms with Crippen LogP contribution < -0.4 is 10.6 Å². The van der Waals surface area contributed by atoms with Gasteiger partial charge in [-0.1, -0.05) is 11.2 Å². The van der Waals surface area contributed by atoms with Crippen molar-refractivity contribution in [2.75, 3.05) is 13.1 Å². The third-order valence-corrected chi connectivity index (χ3v) is 2.01. The number of rotatable bonds is 7. The average Bonchev–Trinajstić information content (AvgIpc) is 2.78.